The van der Waals surface area contributed by atoms with Gasteiger partial charge < -0.3 is 16.2 Å². The first kappa shape index (κ1) is 12.0. The van der Waals surface area contributed by atoms with Crippen LogP contribution in [0.4, 0.5) is 0 Å². The average Bonchev–Trinajstić information content (AvgIpc) is 2.22. The molecule has 84 valence electrons. The predicted molar refractivity (Wildman–Crippen MR) is 59.1 cm³/mol. The third-order valence-electron chi connectivity index (χ3n) is 3.46. The highest BCUT2D eigenvalue weighted by Gasteiger charge is 2.31. The molecule has 1 fully saturated rings. The number of aliphatic hydroxyl groups is 1. The number of nitrogens with two attached hydrogens (primary N) is 1. The maximum atomic E-state index is 8.72. The number of aliphatic hydroxyl groups excluding tert-OH is 1. The van der Waals surface area contributed by atoms with Crippen molar-refractivity contribution in [2.75, 3.05) is 19.7 Å². The summed E-state index contributed by atoms with van der Waals surface area (Å²) in [5, 5.41) is 12.2. The maximum absolute atomic E-state index is 8.72. The van der Waals surface area contributed by atoms with Crippen LogP contribution in [-0.2, 0) is 0 Å². The van der Waals surface area contributed by atoms with Crippen LogP contribution in [0.15, 0.2) is 0 Å². The van der Waals surface area contributed by atoms with Crippen molar-refractivity contribution < 1.29 is 5.11 Å². The molecule has 3 nitrogen and oxygen atoms in total. The molecule has 3 heteroatoms. The second-order valence-electron chi connectivity index (χ2n) is 4.67. The van der Waals surface area contributed by atoms with Gasteiger partial charge in [-0.1, -0.05) is 6.92 Å². The quantitative estimate of drug-likeness (QED) is 0.577. The molecular formula is C11H24N2O. The van der Waals surface area contributed by atoms with Crippen molar-refractivity contribution in [2.24, 2.45) is 11.7 Å². The van der Waals surface area contributed by atoms with E-state index >= 15 is 0 Å². The van der Waals surface area contributed by atoms with Gasteiger partial charge in [-0.25, -0.2) is 0 Å². The maximum Gasteiger partial charge on any atom is 0.0443 e. The summed E-state index contributed by atoms with van der Waals surface area (Å²) in [5.41, 5.74) is 6.01. The third kappa shape index (κ3) is 3.23. The zero-order valence-electron chi connectivity index (χ0n) is 9.26. The topological polar surface area (TPSA) is 58.3 Å². The smallest absolute Gasteiger partial charge is 0.0443 e. The van der Waals surface area contributed by atoms with Crippen molar-refractivity contribution in [3.63, 3.8) is 0 Å². The lowest BCUT2D eigenvalue weighted by atomic mass is 9.77. The molecule has 0 saturated heterocycles. The van der Waals surface area contributed by atoms with Gasteiger partial charge in [0.1, 0.15) is 0 Å². The van der Waals surface area contributed by atoms with E-state index in [1.165, 1.54) is 25.7 Å². The van der Waals surface area contributed by atoms with E-state index in [-0.39, 0.29) is 12.1 Å². The summed E-state index contributed by atoms with van der Waals surface area (Å²) < 4.78 is 0. The van der Waals surface area contributed by atoms with Gasteiger partial charge in [-0.15, -0.1) is 0 Å². The first-order chi connectivity index (χ1) is 6.72. The third-order valence-corrected chi connectivity index (χ3v) is 3.46. The molecule has 1 rings (SSSR count). The van der Waals surface area contributed by atoms with Crippen molar-refractivity contribution >= 4 is 0 Å². The Balaban J connectivity index is 2.34. The fourth-order valence-corrected chi connectivity index (χ4v) is 2.20. The van der Waals surface area contributed by atoms with E-state index in [9.17, 15) is 0 Å². The summed E-state index contributed by atoms with van der Waals surface area (Å²) in [6, 6.07) is 0. The van der Waals surface area contributed by atoms with E-state index in [1.807, 2.05) is 0 Å². The molecule has 0 spiro atoms. The molecule has 0 amide bonds. The Morgan fingerprint density at radius 3 is 2.57 bits per heavy atom. The van der Waals surface area contributed by atoms with Gasteiger partial charge in [-0.3, -0.25) is 0 Å². The molecule has 0 aromatic heterocycles. The lowest BCUT2D eigenvalue weighted by molar-refractivity contribution is 0.194. The van der Waals surface area contributed by atoms with Gasteiger partial charge in [0.2, 0.25) is 0 Å². The molecule has 1 aliphatic rings. The van der Waals surface area contributed by atoms with Gasteiger partial charge in [-0.05, 0) is 44.6 Å². The average molecular weight is 200 g/mol. The molecule has 0 radical (unpaired) electrons. The molecule has 14 heavy (non-hydrogen) atoms. The molecule has 0 bridgehead atoms. The van der Waals surface area contributed by atoms with Crippen LogP contribution >= 0.6 is 0 Å². The van der Waals surface area contributed by atoms with Crippen LogP contribution in [0.5, 0.6) is 0 Å². The van der Waals surface area contributed by atoms with Gasteiger partial charge in [0, 0.05) is 18.7 Å². The minimum absolute atomic E-state index is 0.168. The fourth-order valence-electron chi connectivity index (χ4n) is 2.20. The van der Waals surface area contributed by atoms with E-state index in [0.29, 0.717) is 0 Å². The zero-order chi connectivity index (χ0) is 10.4. The second kappa shape index (κ2) is 5.69. The van der Waals surface area contributed by atoms with Crippen molar-refractivity contribution in [3.05, 3.63) is 0 Å². The van der Waals surface area contributed by atoms with Crippen molar-refractivity contribution in [1.82, 2.24) is 5.32 Å². The summed E-state index contributed by atoms with van der Waals surface area (Å²) in [5.74, 6) is 0.856. The Kier molecular flexibility index (Phi) is 4.85. The van der Waals surface area contributed by atoms with Gasteiger partial charge in [0.25, 0.3) is 0 Å². The summed E-state index contributed by atoms with van der Waals surface area (Å²) >= 11 is 0. The SMILES string of the molecule is CC1CCC(CN)(NCCCO)CC1. The van der Waals surface area contributed by atoms with E-state index in [1.54, 1.807) is 0 Å². The largest absolute Gasteiger partial charge is 0.396 e. The minimum atomic E-state index is 0.168. The number of rotatable bonds is 5. The Bertz CT molecular complexity index is 153. The summed E-state index contributed by atoms with van der Waals surface area (Å²) in [6.07, 6.45) is 5.77. The predicted octanol–water partition coefficient (Wildman–Crippen LogP) is 0.866. The molecule has 0 atom stereocenters. The highest BCUT2D eigenvalue weighted by atomic mass is 16.3. The second-order valence-corrected chi connectivity index (χ2v) is 4.67. The number of nitrogens with one attached hydrogen (secondary N) is 1. The van der Waals surface area contributed by atoms with Crippen molar-refractivity contribution in [1.29, 1.82) is 0 Å². The normalized spacial score (nSPS) is 33.2. The Morgan fingerprint density at radius 1 is 1.43 bits per heavy atom. The first-order valence-corrected chi connectivity index (χ1v) is 5.78. The molecule has 0 aliphatic heterocycles. The van der Waals surface area contributed by atoms with Crippen molar-refractivity contribution in [2.45, 2.75) is 44.6 Å². The van der Waals surface area contributed by atoms with Gasteiger partial charge in [-0.2, -0.15) is 0 Å². The van der Waals surface area contributed by atoms with Crippen LogP contribution in [0.3, 0.4) is 0 Å². The van der Waals surface area contributed by atoms with Crippen LogP contribution < -0.4 is 11.1 Å². The molecule has 0 unspecified atom stereocenters. The van der Waals surface area contributed by atoms with Crippen LogP contribution in [0.25, 0.3) is 0 Å². The molecule has 0 aromatic rings. The van der Waals surface area contributed by atoms with Gasteiger partial charge in [0.15, 0.2) is 0 Å². The zero-order valence-corrected chi connectivity index (χ0v) is 9.26. The van der Waals surface area contributed by atoms with E-state index in [4.69, 9.17) is 10.8 Å². The summed E-state index contributed by atoms with van der Waals surface area (Å²) in [4.78, 5) is 0. The summed E-state index contributed by atoms with van der Waals surface area (Å²) in [6.45, 7) is 4.20. The summed E-state index contributed by atoms with van der Waals surface area (Å²) in [7, 11) is 0. The monoisotopic (exact) mass is 200 g/mol. The molecule has 4 N–H and O–H groups in total. The van der Waals surface area contributed by atoms with Gasteiger partial charge >= 0.3 is 0 Å². The van der Waals surface area contributed by atoms with Crippen LogP contribution in [0.1, 0.15) is 39.0 Å². The molecule has 0 heterocycles. The molecule has 0 aromatic carbocycles. The fraction of sp³-hybridized carbons (Fsp3) is 1.00. The standard InChI is InChI=1S/C11H24N2O/c1-10-3-5-11(9-12,6-4-10)13-7-2-8-14/h10,13-14H,2-9,12H2,1H3. The van der Waals surface area contributed by atoms with Crippen LogP contribution in [0.2, 0.25) is 0 Å². The highest BCUT2D eigenvalue weighted by Crippen LogP contribution is 2.30. The Hall–Kier alpha value is -0.120. The molecule has 1 aliphatic carbocycles. The number of hydrogen-bond donors (Lipinski definition) is 3. The van der Waals surface area contributed by atoms with Crippen molar-refractivity contribution in [3.8, 4) is 0 Å². The first-order valence-electron chi connectivity index (χ1n) is 5.78. The molecular weight excluding hydrogens is 176 g/mol. The van der Waals surface area contributed by atoms with E-state index < -0.39 is 0 Å². The lowest BCUT2D eigenvalue weighted by Gasteiger charge is -2.39. The minimum Gasteiger partial charge on any atom is -0.396 e. The Morgan fingerprint density at radius 2 is 2.07 bits per heavy atom. The van der Waals surface area contributed by atoms with E-state index in [2.05, 4.69) is 12.2 Å². The lowest BCUT2D eigenvalue weighted by Crippen LogP contribution is -2.53. The van der Waals surface area contributed by atoms with Crippen LogP contribution in [0, 0.1) is 5.92 Å². The van der Waals surface area contributed by atoms with Crippen LogP contribution in [-0.4, -0.2) is 30.3 Å². The number of hydrogen-bond acceptors (Lipinski definition) is 3. The van der Waals surface area contributed by atoms with E-state index in [0.717, 1.165) is 25.4 Å². The van der Waals surface area contributed by atoms with Gasteiger partial charge in [0.05, 0.1) is 0 Å². The highest BCUT2D eigenvalue weighted by molar-refractivity contribution is 4.92. The molecule has 1 saturated carbocycles. The Labute approximate surface area is 87.1 Å².